The molecule has 142 valence electrons. The van der Waals surface area contributed by atoms with Crippen LogP contribution in [0.3, 0.4) is 0 Å². The molecule has 2 atom stereocenters. The van der Waals surface area contributed by atoms with Gasteiger partial charge in [0.2, 0.25) is 5.13 Å². The summed E-state index contributed by atoms with van der Waals surface area (Å²) in [5, 5.41) is 10.5. The van der Waals surface area contributed by atoms with Crippen LogP contribution in [-0.4, -0.2) is 69.6 Å². The van der Waals surface area contributed by atoms with Gasteiger partial charge in [0.25, 0.3) is 0 Å². The second kappa shape index (κ2) is 6.68. The molecule has 27 heavy (non-hydrogen) atoms. The molecular weight excluding hydrogens is 364 g/mol. The van der Waals surface area contributed by atoms with Crippen molar-refractivity contribution in [3.63, 3.8) is 0 Å². The van der Waals surface area contributed by atoms with Gasteiger partial charge in [-0.2, -0.15) is 0 Å². The first-order valence-electron chi connectivity index (χ1n) is 9.17. The van der Waals surface area contributed by atoms with Gasteiger partial charge in [-0.05, 0) is 6.92 Å². The Bertz CT molecular complexity index is 941. The molecule has 9 nitrogen and oxygen atoms in total. The number of fused-ring (bicyclic) bond motifs is 2. The highest BCUT2D eigenvalue weighted by molar-refractivity contribution is 7.15. The number of methoxy groups -OCH3 is 1. The lowest BCUT2D eigenvalue weighted by molar-refractivity contribution is 0.188. The number of anilines is 2. The molecular formula is C17H22N8OS. The highest BCUT2D eigenvalue weighted by Crippen LogP contribution is 2.37. The van der Waals surface area contributed by atoms with E-state index in [4.69, 9.17) is 4.74 Å². The van der Waals surface area contributed by atoms with E-state index >= 15 is 0 Å². The average molecular weight is 386 g/mol. The first-order chi connectivity index (χ1) is 13.2. The maximum Gasteiger partial charge on any atom is 0.208 e. The molecule has 0 spiro atoms. The molecule has 2 unspecified atom stereocenters. The van der Waals surface area contributed by atoms with Gasteiger partial charge in [0.15, 0.2) is 17.0 Å². The van der Waals surface area contributed by atoms with E-state index in [-0.39, 0.29) is 0 Å². The fourth-order valence-corrected chi connectivity index (χ4v) is 4.89. The molecule has 0 radical (unpaired) electrons. The predicted molar refractivity (Wildman–Crippen MR) is 103 cm³/mol. The van der Waals surface area contributed by atoms with Gasteiger partial charge >= 0.3 is 0 Å². The average Bonchev–Trinajstić information content (AvgIpc) is 3.41. The summed E-state index contributed by atoms with van der Waals surface area (Å²) in [5.41, 5.74) is 1.75. The molecule has 0 aromatic carbocycles. The van der Waals surface area contributed by atoms with Gasteiger partial charge < -0.3 is 19.1 Å². The smallest absolute Gasteiger partial charge is 0.208 e. The van der Waals surface area contributed by atoms with Gasteiger partial charge in [-0.1, -0.05) is 11.3 Å². The molecule has 3 aromatic heterocycles. The van der Waals surface area contributed by atoms with Gasteiger partial charge in [0, 0.05) is 51.7 Å². The molecule has 0 N–H and O–H groups in total. The van der Waals surface area contributed by atoms with Gasteiger partial charge in [0.1, 0.15) is 11.3 Å². The van der Waals surface area contributed by atoms with Gasteiger partial charge in [-0.15, -0.1) is 10.2 Å². The summed E-state index contributed by atoms with van der Waals surface area (Å²) in [6.07, 6.45) is 3.48. The first kappa shape index (κ1) is 16.8. The number of hydrogen-bond acceptors (Lipinski definition) is 9. The molecule has 2 aliphatic rings. The van der Waals surface area contributed by atoms with Crippen molar-refractivity contribution in [1.82, 2.24) is 29.7 Å². The number of aryl methyl sites for hydroxylation is 1. The van der Waals surface area contributed by atoms with Crippen LogP contribution in [-0.2, 0) is 11.3 Å². The number of hydrogen-bond donors (Lipinski definition) is 0. The van der Waals surface area contributed by atoms with E-state index < -0.39 is 0 Å². The third kappa shape index (κ3) is 2.92. The van der Waals surface area contributed by atoms with Crippen molar-refractivity contribution in [2.24, 2.45) is 11.8 Å². The summed E-state index contributed by atoms with van der Waals surface area (Å²) in [4.78, 5) is 18.3. The van der Waals surface area contributed by atoms with Gasteiger partial charge in [0.05, 0.1) is 12.9 Å². The number of imidazole rings is 1. The molecule has 0 amide bonds. The number of rotatable bonds is 5. The van der Waals surface area contributed by atoms with Crippen LogP contribution < -0.4 is 9.80 Å². The van der Waals surface area contributed by atoms with E-state index in [1.807, 2.05) is 17.8 Å². The molecule has 0 saturated carbocycles. The lowest BCUT2D eigenvalue weighted by atomic mass is 10.0. The summed E-state index contributed by atoms with van der Waals surface area (Å²) in [6.45, 7) is 7.45. The molecule has 5 rings (SSSR count). The van der Waals surface area contributed by atoms with Crippen molar-refractivity contribution in [1.29, 1.82) is 0 Å². The van der Waals surface area contributed by atoms with Crippen LogP contribution in [0, 0.1) is 18.8 Å². The van der Waals surface area contributed by atoms with Crippen LogP contribution in [0.2, 0.25) is 0 Å². The molecule has 3 aromatic rings. The van der Waals surface area contributed by atoms with Crippen LogP contribution >= 0.6 is 11.3 Å². The minimum Gasteiger partial charge on any atom is -0.383 e. The van der Waals surface area contributed by atoms with Crippen LogP contribution in [0.25, 0.3) is 11.2 Å². The minimum atomic E-state index is 0.620. The second-order valence-corrected chi connectivity index (χ2v) is 8.39. The van der Waals surface area contributed by atoms with Crippen molar-refractivity contribution < 1.29 is 4.74 Å². The molecule has 2 fully saturated rings. The maximum absolute atomic E-state index is 5.18. The molecule has 5 heterocycles. The topological polar surface area (TPSA) is 85.1 Å². The molecule has 10 heteroatoms. The molecule has 0 aliphatic carbocycles. The Kier molecular flexibility index (Phi) is 4.16. The molecule has 0 bridgehead atoms. The van der Waals surface area contributed by atoms with E-state index in [0.717, 1.165) is 59.8 Å². The maximum atomic E-state index is 5.18. The van der Waals surface area contributed by atoms with E-state index in [0.29, 0.717) is 18.4 Å². The zero-order valence-corrected chi connectivity index (χ0v) is 16.3. The van der Waals surface area contributed by atoms with Crippen LogP contribution in [0.1, 0.15) is 5.01 Å². The van der Waals surface area contributed by atoms with Crippen molar-refractivity contribution in [2.75, 3.05) is 49.7 Å². The van der Waals surface area contributed by atoms with Crippen LogP contribution in [0.4, 0.5) is 10.9 Å². The lowest BCUT2D eigenvalue weighted by Crippen LogP contribution is -2.29. The monoisotopic (exact) mass is 386 g/mol. The van der Waals surface area contributed by atoms with Crippen LogP contribution in [0.15, 0.2) is 12.7 Å². The van der Waals surface area contributed by atoms with Gasteiger partial charge in [-0.3, -0.25) is 0 Å². The Balaban J connectivity index is 1.34. The number of ether oxygens (including phenoxy) is 1. The summed E-state index contributed by atoms with van der Waals surface area (Å²) >= 11 is 1.68. The number of aromatic nitrogens is 6. The van der Waals surface area contributed by atoms with E-state index in [1.165, 1.54) is 0 Å². The standard InChI is InChI=1S/C17H22N8OS/c1-11-21-22-17(27-11)25-7-12-5-24(6-13(12)8-25)16-14-15(18-9-19-16)23(10-20-14)3-4-26-2/h9-10,12-13H,3-8H2,1-2H3. The Morgan fingerprint density at radius 2 is 1.85 bits per heavy atom. The Morgan fingerprint density at radius 3 is 2.56 bits per heavy atom. The third-order valence-electron chi connectivity index (χ3n) is 5.49. The van der Waals surface area contributed by atoms with E-state index in [1.54, 1.807) is 24.8 Å². The second-order valence-electron chi connectivity index (χ2n) is 7.23. The zero-order valence-electron chi connectivity index (χ0n) is 15.4. The molecule has 2 aliphatic heterocycles. The predicted octanol–water partition coefficient (Wildman–Crippen LogP) is 1.21. The van der Waals surface area contributed by atoms with Crippen molar-refractivity contribution >= 4 is 33.5 Å². The minimum absolute atomic E-state index is 0.620. The van der Waals surface area contributed by atoms with Crippen molar-refractivity contribution in [3.8, 4) is 0 Å². The molecule has 2 saturated heterocycles. The lowest BCUT2D eigenvalue weighted by Gasteiger charge is -2.21. The highest BCUT2D eigenvalue weighted by atomic mass is 32.1. The van der Waals surface area contributed by atoms with Gasteiger partial charge in [-0.25, -0.2) is 15.0 Å². The van der Waals surface area contributed by atoms with E-state index in [9.17, 15) is 0 Å². The largest absolute Gasteiger partial charge is 0.383 e. The Morgan fingerprint density at radius 1 is 1.07 bits per heavy atom. The van der Waals surface area contributed by atoms with E-state index in [2.05, 4.69) is 34.9 Å². The fraction of sp³-hybridized carbons (Fsp3) is 0.588. The Hall–Kier alpha value is -2.33. The number of nitrogens with zero attached hydrogens (tertiary/aromatic N) is 8. The quantitative estimate of drug-likeness (QED) is 0.647. The first-order valence-corrected chi connectivity index (χ1v) is 9.99. The summed E-state index contributed by atoms with van der Waals surface area (Å²) in [5.74, 6) is 2.19. The van der Waals surface area contributed by atoms with Crippen molar-refractivity contribution in [3.05, 3.63) is 17.7 Å². The van der Waals surface area contributed by atoms with Crippen molar-refractivity contribution in [2.45, 2.75) is 13.5 Å². The summed E-state index contributed by atoms with van der Waals surface area (Å²) in [6, 6.07) is 0. The Labute approximate surface area is 161 Å². The highest BCUT2D eigenvalue weighted by Gasteiger charge is 2.42. The summed E-state index contributed by atoms with van der Waals surface area (Å²) in [7, 11) is 1.70. The zero-order chi connectivity index (χ0) is 18.4. The van der Waals surface area contributed by atoms with Crippen LogP contribution in [0.5, 0.6) is 0 Å². The normalized spacial score (nSPS) is 22.1. The fourth-order valence-electron chi connectivity index (χ4n) is 4.19. The summed E-state index contributed by atoms with van der Waals surface area (Å²) < 4.78 is 7.20. The third-order valence-corrected chi connectivity index (χ3v) is 6.39. The SMILES string of the molecule is COCCn1cnc2c(N3CC4CN(c5nnc(C)s5)CC4C3)ncnc21.